The maximum absolute atomic E-state index is 10.4. The van der Waals surface area contributed by atoms with E-state index in [0.29, 0.717) is 19.4 Å². The van der Waals surface area contributed by atoms with Crippen molar-refractivity contribution in [3.63, 3.8) is 0 Å². The zero-order valence-electron chi connectivity index (χ0n) is 17.5. The van der Waals surface area contributed by atoms with Crippen molar-refractivity contribution in [1.82, 2.24) is 10.0 Å². The summed E-state index contributed by atoms with van der Waals surface area (Å²) in [5, 5.41) is 11.7. The van der Waals surface area contributed by atoms with Crippen LogP contribution >= 0.6 is 0 Å². The molecule has 2 aliphatic rings. The van der Waals surface area contributed by atoms with Crippen molar-refractivity contribution in [2.24, 2.45) is 0 Å². The summed E-state index contributed by atoms with van der Waals surface area (Å²) < 4.78 is 8.53. The smallest absolute Gasteiger partial charge is 0.136 e. The van der Waals surface area contributed by atoms with Crippen LogP contribution < -0.4 is 5.48 Å². The summed E-state index contributed by atoms with van der Waals surface area (Å²) in [4.78, 5) is 4.97. The molecule has 1 aromatic heterocycles. The molecule has 2 heterocycles. The van der Waals surface area contributed by atoms with Crippen molar-refractivity contribution in [2.75, 3.05) is 13.7 Å². The van der Waals surface area contributed by atoms with Crippen molar-refractivity contribution < 1.29 is 14.7 Å². The first-order valence-corrected chi connectivity index (χ1v) is 11.0. The molecule has 5 nitrogen and oxygen atoms in total. The summed E-state index contributed by atoms with van der Waals surface area (Å²) in [5.74, 6) is 0.788. The van der Waals surface area contributed by atoms with Gasteiger partial charge in [-0.1, -0.05) is 42.5 Å². The number of aliphatic hydroxyl groups is 1. The summed E-state index contributed by atoms with van der Waals surface area (Å²) >= 11 is 0. The summed E-state index contributed by atoms with van der Waals surface area (Å²) in [7, 11) is 1.60. The summed E-state index contributed by atoms with van der Waals surface area (Å²) in [5.41, 5.74) is 8.10. The number of para-hydroxylation sites is 1. The van der Waals surface area contributed by atoms with Crippen LogP contribution in [0.4, 0.5) is 0 Å². The molecule has 0 amide bonds. The highest BCUT2D eigenvalue weighted by Crippen LogP contribution is 2.40. The Labute approximate surface area is 177 Å². The first-order chi connectivity index (χ1) is 14.7. The molecule has 5 heteroatoms. The van der Waals surface area contributed by atoms with Gasteiger partial charge in [0, 0.05) is 31.0 Å². The third-order valence-electron chi connectivity index (χ3n) is 6.37. The van der Waals surface area contributed by atoms with Gasteiger partial charge in [0.1, 0.15) is 6.23 Å². The predicted molar refractivity (Wildman–Crippen MR) is 117 cm³/mol. The number of hydroxylamine groups is 1. The molecule has 2 fully saturated rings. The Bertz CT molecular complexity index is 993. The predicted octanol–water partition coefficient (Wildman–Crippen LogP) is 4.30. The number of hydrogen-bond donors (Lipinski definition) is 2. The van der Waals surface area contributed by atoms with E-state index in [9.17, 15) is 5.11 Å². The number of ether oxygens (including phenoxy) is 1. The van der Waals surface area contributed by atoms with Crippen molar-refractivity contribution in [2.45, 2.75) is 56.5 Å². The number of aromatic nitrogens is 1. The van der Waals surface area contributed by atoms with Crippen molar-refractivity contribution >= 4 is 10.9 Å². The molecule has 5 rings (SSSR count). The topological polar surface area (TPSA) is 55.6 Å². The van der Waals surface area contributed by atoms with Crippen molar-refractivity contribution in [3.8, 4) is 0 Å². The second kappa shape index (κ2) is 8.52. The van der Waals surface area contributed by atoms with E-state index in [4.69, 9.17) is 9.57 Å². The van der Waals surface area contributed by atoms with Gasteiger partial charge in [0.25, 0.3) is 0 Å². The van der Waals surface area contributed by atoms with Gasteiger partial charge >= 0.3 is 0 Å². The lowest BCUT2D eigenvalue weighted by molar-refractivity contribution is -0.134. The lowest BCUT2D eigenvalue weighted by atomic mass is 10.0. The quantitative estimate of drug-likeness (QED) is 0.575. The van der Waals surface area contributed by atoms with E-state index in [1.165, 1.54) is 34.9 Å². The lowest BCUT2D eigenvalue weighted by Crippen LogP contribution is -2.39. The Morgan fingerprint density at radius 1 is 1.10 bits per heavy atom. The minimum atomic E-state index is -0.382. The molecule has 2 aromatic carbocycles. The average molecular weight is 407 g/mol. The first-order valence-electron chi connectivity index (χ1n) is 11.0. The van der Waals surface area contributed by atoms with E-state index < -0.39 is 0 Å². The van der Waals surface area contributed by atoms with E-state index in [1.54, 1.807) is 7.11 Å². The molecule has 3 unspecified atom stereocenters. The van der Waals surface area contributed by atoms with Gasteiger partial charge in [-0.25, -0.2) is 5.48 Å². The number of hydrogen-bond acceptors (Lipinski definition) is 4. The number of nitrogens with zero attached hydrogens (tertiary/aromatic N) is 1. The highest BCUT2D eigenvalue weighted by Gasteiger charge is 2.30. The van der Waals surface area contributed by atoms with Crippen molar-refractivity contribution in [1.29, 1.82) is 0 Å². The van der Waals surface area contributed by atoms with E-state index in [2.05, 4.69) is 64.8 Å². The highest BCUT2D eigenvalue weighted by molar-refractivity contribution is 5.84. The van der Waals surface area contributed by atoms with Crippen molar-refractivity contribution in [3.05, 3.63) is 71.4 Å². The molecular formula is C25H30N2O3. The number of rotatable bonds is 7. The molecule has 30 heavy (non-hydrogen) atoms. The number of aliphatic hydroxyl groups excluding tert-OH is 1. The molecule has 2 N–H and O–H groups in total. The molecule has 1 saturated carbocycles. The molecule has 3 aromatic rings. The molecule has 1 aliphatic heterocycles. The fourth-order valence-corrected chi connectivity index (χ4v) is 4.65. The zero-order valence-corrected chi connectivity index (χ0v) is 17.5. The molecule has 0 bridgehead atoms. The van der Waals surface area contributed by atoms with E-state index in [0.717, 1.165) is 17.9 Å². The second-order valence-electron chi connectivity index (χ2n) is 8.66. The van der Waals surface area contributed by atoms with Gasteiger partial charge in [0.05, 0.1) is 24.8 Å². The van der Waals surface area contributed by atoms with Crippen LogP contribution in [0.1, 0.15) is 54.5 Å². The van der Waals surface area contributed by atoms with Crippen LogP contribution in [0.5, 0.6) is 0 Å². The van der Waals surface area contributed by atoms with Crippen LogP contribution in [0.15, 0.2) is 54.7 Å². The largest absolute Gasteiger partial charge is 0.393 e. The summed E-state index contributed by atoms with van der Waals surface area (Å²) in [6.07, 6.45) is 6.33. The van der Waals surface area contributed by atoms with Crippen LogP contribution in [0.2, 0.25) is 0 Å². The Hall–Kier alpha value is -2.18. The molecular weight excluding hydrogens is 376 g/mol. The van der Waals surface area contributed by atoms with Gasteiger partial charge in [-0.2, -0.15) is 0 Å². The third-order valence-corrected chi connectivity index (χ3v) is 6.37. The van der Waals surface area contributed by atoms with E-state index in [1.807, 2.05) is 0 Å². The molecule has 1 saturated heterocycles. The molecule has 3 atom stereocenters. The van der Waals surface area contributed by atoms with Gasteiger partial charge in [-0.05, 0) is 47.9 Å². The minimum absolute atomic E-state index is 0.0849. The monoisotopic (exact) mass is 406 g/mol. The van der Waals surface area contributed by atoms with Gasteiger partial charge < -0.3 is 19.2 Å². The SMILES string of the molecule is CONCC1CC(O)CC(n2cc(Cc3ccc(C4CC4)cc3)c3ccccc32)O1. The molecule has 1 aliphatic carbocycles. The Balaban J connectivity index is 1.41. The Morgan fingerprint density at radius 2 is 1.90 bits per heavy atom. The maximum Gasteiger partial charge on any atom is 0.136 e. The molecule has 0 spiro atoms. The van der Waals surface area contributed by atoms with Crippen LogP contribution in [-0.2, 0) is 16.0 Å². The van der Waals surface area contributed by atoms with Crippen LogP contribution in [0.3, 0.4) is 0 Å². The normalized spacial score (nSPS) is 24.4. The van der Waals surface area contributed by atoms with Gasteiger partial charge in [-0.15, -0.1) is 0 Å². The van der Waals surface area contributed by atoms with Gasteiger partial charge in [-0.3, -0.25) is 0 Å². The summed E-state index contributed by atoms with van der Waals surface area (Å²) in [6, 6.07) is 17.6. The summed E-state index contributed by atoms with van der Waals surface area (Å²) in [6.45, 7) is 0.559. The third kappa shape index (κ3) is 4.16. The fraction of sp³-hybridized carbons (Fsp3) is 0.440. The van der Waals surface area contributed by atoms with E-state index >= 15 is 0 Å². The Morgan fingerprint density at radius 3 is 2.67 bits per heavy atom. The fourth-order valence-electron chi connectivity index (χ4n) is 4.65. The highest BCUT2D eigenvalue weighted by atomic mass is 16.6. The first kappa shape index (κ1) is 19.8. The van der Waals surface area contributed by atoms with Crippen LogP contribution in [0, 0.1) is 0 Å². The molecule has 0 radical (unpaired) electrons. The average Bonchev–Trinajstić information content (AvgIpc) is 3.55. The van der Waals surface area contributed by atoms with E-state index in [-0.39, 0.29) is 18.4 Å². The Kier molecular flexibility index (Phi) is 5.61. The van der Waals surface area contributed by atoms with Crippen LogP contribution in [0.25, 0.3) is 10.9 Å². The zero-order chi connectivity index (χ0) is 20.5. The number of fused-ring (bicyclic) bond motifs is 1. The van der Waals surface area contributed by atoms with Gasteiger partial charge in [0.2, 0.25) is 0 Å². The number of nitrogens with one attached hydrogen (secondary N) is 1. The molecule has 158 valence electrons. The maximum atomic E-state index is 10.4. The minimum Gasteiger partial charge on any atom is -0.393 e. The van der Waals surface area contributed by atoms with Gasteiger partial charge in [0.15, 0.2) is 0 Å². The second-order valence-corrected chi connectivity index (χ2v) is 8.66. The lowest BCUT2D eigenvalue weighted by Gasteiger charge is -2.34. The number of benzene rings is 2. The standard InChI is InChI=1S/C25H30N2O3/c1-29-26-15-22-13-21(28)14-25(30-22)27-16-20(23-4-2-3-5-24(23)27)12-17-6-8-18(9-7-17)19-10-11-19/h2-9,16,19,21-22,25-26,28H,10-15H2,1H3. The van der Waals surface area contributed by atoms with Crippen LogP contribution in [-0.4, -0.2) is 35.5 Å².